The number of nitrogens with zero attached hydrogens (tertiary/aromatic N) is 2. The molecule has 1 saturated heterocycles. The minimum Gasteiger partial charge on any atom is -0.508 e. The maximum absolute atomic E-state index is 12.4. The number of carbonyl (C=O) groups is 1. The van der Waals surface area contributed by atoms with E-state index in [4.69, 9.17) is 4.74 Å². The summed E-state index contributed by atoms with van der Waals surface area (Å²) >= 11 is 0. The lowest BCUT2D eigenvalue weighted by Gasteiger charge is -2.36. The van der Waals surface area contributed by atoms with Crippen molar-refractivity contribution in [3.05, 3.63) is 89.0 Å². The zero-order chi connectivity index (χ0) is 27.1. The number of hydrogen-bond acceptors (Lipinski definition) is 5. The number of carbonyl (C=O) groups excluding carboxylic acids is 1. The van der Waals surface area contributed by atoms with Gasteiger partial charge in [0.15, 0.2) is 0 Å². The van der Waals surface area contributed by atoms with Gasteiger partial charge < -0.3 is 24.7 Å². The monoisotopic (exact) mass is 516 g/mol. The average Bonchev–Trinajstić information content (AvgIpc) is 2.92. The maximum atomic E-state index is 12.4. The first kappa shape index (κ1) is 27.5. The Kier molecular flexibility index (Phi) is 8.95. The molecule has 38 heavy (non-hydrogen) atoms. The number of hydrogen-bond donors (Lipinski definition) is 2. The fraction of sp³-hybridized carbons (Fsp3) is 0.406. The van der Waals surface area contributed by atoms with Crippen molar-refractivity contribution in [2.75, 3.05) is 37.7 Å². The second-order valence-electron chi connectivity index (χ2n) is 10.9. The molecule has 1 heterocycles. The molecule has 0 saturated carbocycles. The highest BCUT2D eigenvalue weighted by Gasteiger charge is 2.26. The van der Waals surface area contributed by atoms with Crippen molar-refractivity contribution in [2.45, 2.75) is 52.1 Å². The van der Waals surface area contributed by atoms with E-state index in [1.807, 2.05) is 32.9 Å². The van der Waals surface area contributed by atoms with Crippen LogP contribution in [0.5, 0.6) is 5.75 Å². The molecule has 6 heteroatoms. The Morgan fingerprint density at radius 2 is 1.55 bits per heavy atom. The molecule has 0 aromatic heterocycles. The van der Waals surface area contributed by atoms with Crippen LogP contribution in [-0.4, -0.2) is 59.6 Å². The number of phenolic OH excluding ortho intramolecular Hbond substituents is 1. The van der Waals surface area contributed by atoms with Gasteiger partial charge in [0.05, 0.1) is 0 Å². The molecule has 0 unspecified atom stereocenters. The number of rotatable bonds is 7. The van der Waals surface area contributed by atoms with Crippen LogP contribution in [0, 0.1) is 0 Å². The first-order valence-electron chi connectivity index (χ1n) is 13.6. The summed E-state index contributed by atoms with van der Waals surface area (Å²) in [7, 11) is 0. The van der Waals surface area contributed by atoms with Gasteiger partial charge in [-0.05, 0) is 98.6 Å². The Balaban J connectivity index is 1.60. The number of benzene rings is 2. The van der Waals surface area contributed by atoms with Crippen LogP contribution in [0.15, 0.2) is 77.9 Å². The lowest BCUT2D eigenvalue weighted by Crippen LogP contribution is -2.50. The van der Waals surface area contributed by atoms with Crippen molar-refractivity contribution in [3.63, 3.8) is 0 Å². The Bertz CT molecular complexity index is 1180. The SMILES string of the molecule is CC(C)(C)OC(=O)N1CCN(c2ccc(/C(=C(/CCCO)C3=CCCC=C3)c3ccc(O)cc3)cc2)CC1. The summed E-state index contributed by atoms with van der Waals surface area (Å²) in [5, 5.41) is 19.5. The van der Waals surface area contributed by atoms with Crippen LogP contribution in [-0.2, 0) is 4.74 Å². The van der Waals surface area contributed by atoms with Crippen molar-refractivity contribution in [2.24, 2.45) is 0 Å². The molecule has 1 aliphatic heterocycles. The fourth-order valence-corrected chi connectivity index (χ4v) is 4.96. The van der Waals surface area contributed by atoms with Gasteiger partial charge in [0.25, 0.3) is 0 Å². The van der Waals surface area contributed by atoms with E-state index in [9.17, 15) is 15.0 Å². The van der Waals surface area contributed by atoms with E-state index >= 15 is 0 Å². The van der Waals surface area contributed by atoms with E-state index < -0.39 is 5.60 Å². The van der Waals surface area contributed by atoms with Crippen LogP contribution in [0.4, 0.5) is 10.5 Å². The summed E-state index contributed by atoms with van der Waals surface area (Å²) < 4.78 is 5.53. The zero-order valence-electron chi connectivity index (χ0n) is 22.8. The lowest BCUT2D eigenvalue weighted by molar-refractivity contribution is 0.0240. The van der Waals surface area contributed by atoms with Crippen molar-refractivity contribution in [1.29, 1.82) is 0 Å². The number of aliphatic hydroxyl groups excluding tert-OH is 1. The number of aliphatic hydroxyl groups is 1. The van der Waals surface area contributed by atoms with Crippen molar-refractivity contribution in [1.82, 2.24) is 4.90 Å². The van der Waals surface area contributed by atoms with E-state index in [1.54, 1.807) is 17.0 Å². The van der Waals surface area contributed by atoms with E-state index in [0.29, 0.717) is 19.5 Å². The highest BCUT2D eigenvalue weighted by molar-refractivity contribution is 5.86. The standard InChI is InChI=1S/C32H40N2O4/c1-32(2,3)38-31(37)34-21-19-33(20-22-34)27-15-11-25(12-16-27)30(26-13-17-28(36)18-14-26)29(10-7-23-35)24-8-5-4-6-9-24/h5,8-9,11-18,35-36H,4,6-7,10,19-23H2,1-3H3/b30-29+. The van der Waals surface area contributed by atoms with Gasteiger partial charge in [-0.25, -0.2) is 4.79 Å². The van der Waals surface area contributed by atoms with E-state index in [1.165, 1.54) is 11.1 Å². The van der Waals surface area contributed by atoms with Crippen LogP contribution in [0.2, 0.25) is 0 Å². The molecule has 0 bridgehead atoms. The molecule has 202 valence electrons. The number of anilines is 1. The van der Waals surface area contributed by atoms with Crippen LogP contribution in [0.1, 0.15) is 57.6 Å². The summed E-state index contributed by atoms with van der Waals surface area (Å²) in [5.41, 5.74) is 6.30. The molecule has 2 N–H and O–H groups in total. The van der Waals surface area contributed by atoms with E-state index in [-0.39, 0.29) is 18.4 Å². The Morgan fingerprint density at radius 1 is 0.921 bits per heavy atom. The first-order valence-corrected chi connectivity index (χ1v) is 13.6. The van der Waals surface area contributed by atoms with Gasteiger partial charge >= 0.3 is 6.09 Å². The van der Waals surface area contributed by atoms with E-state index in [2.05, 4.69) is 47.4 Å². The number of ether oxygens (including phenoxy) is 1. The van der Waals surface area contributed by atoms with Gasteiger partial charge in [0, 0.05) is 38.5 Å². The largest absolute Gasteiger partial charge is 0.508 e. The summed E-state index contributed by atoms with van der Waals surface area (Å²) in [4.78, 5) is 16.5. The third-order valence-corrected chi connectivity index (χ3v) is 6.84. The number of aromatic hydroxyl groups is 1. The summed E-state index contributed by atoms with van der Waals surface area (Å²) in [5.74, 6) is 0.239. The summed E-state index contributed by atoms with van der Waals surface area (Å²) in [6.45, 7) is 8.55. The number of phenols is 1. The van der Waals surface area contributed by atoms with Crippen molar-refractivity contribution >= 4 is 17.4 Å². The fourth-order valence-electron chi connectivity index (χ4n) is 4.96. The van der Waals surface area contributed by atoms with Gasteiger partial charge in [-0.2, -0.15) is 0 Å². The zero-order valence-corrected chi connectivity index (χ0v) is 22.8. The topological polar surface area (TPSA) is 73.2 Å². The third kappa shape index (κ3) is 7.07. The molecule has 2 aromatic carbocycles. The van der Waals surface area contributed by atoms with Gasteiger partial charge in [-0.15, -0.1) is 0 Å². The van der Waals surface area contributed by atoms with Gasteiger partial charge in [-0.1, -0.05) is 42.5 Å². The molecule has 1 aliphatic carbocycles. The van der Waals surface area contributed by atoms with Gasteiger partial charge in [-0.3, -0.25) is 0 Å². The van der Waals surface area contributed by atoms with Crippen LogP contribution >= 0.6 is 0 Å². The van der Waals surface area contributed by atoms with Crippen LogP contribution in [0.3, 0.4) is 0 Å². The second-order valence-corrected chi connectivity index (χ2v) is 10.9. The average molecular weight is 517 g/mol. The first-order chi connectivity index (χ1) is 18.2. The molecule has 0 radical (unpaired) electrons. The molecule has 6 nitrogen and oxygen atoms in total. The van der Waals surface area contributed by atoms with E-state index in [0.717, 1.165) is 54.7 Å². The lowest BCUT2D eigenvalue weighted by atomic mass is 9.85. The van der Waals surface area contributed by atoms with Crippen molar-refractivity contribution < 1.29 is 19.7 Å². The summed E-state index contributed by atoms with van der Waals surface area (Å²) in [6, 6.07) is 16.0. The number of amides is 1. The second kappa shape index (κ2) is 12.4. The predicted molar refractivity (Wildman–Crippen MR) is 153 cm³/mol. The Labute approximate surface area is 226 Å². The minimum atomic E-state index is -0.494. The smallest absolute Gasteiger partial charge is 0.410 e. The quantitative estimate of drug-likeness (QED) is 0.452. The third-order valence-electron chi connectivity index (χ3n) is 6.84. The van der Waals surface area contributed by atoms with Gasteiger partial charge in [0.2, 0.25) is 0 Å². The normalized spacial score (nSPS) is 16.7. The Hall–Kier alpha value is -3.51. The molecule has 1 fully saturated rings. The highest BCUT2D eigenvalue weighted by atomic mass is 16.6. The number of piperazine rings is 1. The Morgan fingerprint density at radius 3 is 2.11 bits per heavy atom. The molecular formula is C32H40N2O4. The molecular weight excluding hydrogens is 476 g/mol. The van der Waals surface area contributed by atoms with Gasteiger partial charge in [0.1, 0.15) is 11.4 Å². The van der Waals surface area contributed by atoms with Crippen LogP contribution in [0.25, 0.3) is 5.57 Å². The molecule has 2 aliphatic rings. The number of allylic oxidation sites excluding steroid dienone is 5. The van der Waals surface area contributed by atoms with Crippen LogP contribution < -0.4 is 4.90 Å². The maximum Gasteiger partial charge on any atom is 0.410 e. The molecule has 0 spiro atoms. The molecule has 4 rings (SSSR count). The molecule has 0 atom stereocenters. The molecule has 2 aromatic rings. The minimum absolute atomic E-state index is 0.136. The van der Waals surface area contributed by atoms with Crippen molar-refractivity contribution in [3.8, 4) is 5.75 Å². The molecule has 1 amide bonds. The summed E-state index contributed by atoms with van der Waals surface area (Å²) in [6.07, 6.45) is 9.92. The predicted octanol–water partition coefficient (Wildman–Crippen LogP) is 6.30. The highest BCUT2D eigenvalue weighted by Crippen LogP contribution is 2.36.